The summed E-state index contributed by atoms with van der Waals surface area (Å²) in [7, 11) is 0. The van der Waals surface area contributed by atoms with Crippen LogP contribution in [0, 0.1) is 17.0 Å². The van der Waals surface area contributed by atoms with Gasteiger partial charge in [0.1, 0.15) is 0 Å². The minimum atomic E-state index is -0.488. The van der Waals surface area contributed by atoms with Crippen molar-refractivity contribution in [3.05, 3.63) is 39.4 Å². The fourth-order valence-corrected chi connectivity index (χ4v) is 1.70. The summed E-state index contributed by atoms with van der Waals surface area (Å²) in [6.45, 7) is 4.07. The number of amides is 1. The molecular weight excluding hydrogens is 268 g/mol. The summed E-state index contributed by atoms with van der Waals surface area (Å²) < 4.78 is 0. The maximum atomic E-state index is 11.8. The number of hydrogen-bond acceptors (Lipinski definition) is 3. The van der Waals surface area contributed by atoms with E-state index in [1.165, 1.54) is 6.07 Å². The van der Waals surface area contributed by atoms with Crippen LogP contribution in [-0.2, 0) is 0 Å². The third kappa shape index (κ3) is 4.52. The number of aryl methyl sites for hydroxylation is 1. The number of alkyl halides is 1. The van der Waals surface area contributed by atoms with Crippen molar-refractivity contribution in [3.8, 4) is 0 Å². The summed E-state index contributed by atoms with van der Waals surface area (Å²) in [6.07, 6.45) is 1.52. The van der Waals surface area contributed by atoms with Gasteiger partial charge in [0, 0.05) is 29.1 Å². The lowest BCUT2D eigenvalue weighted by atomic mass is 10.1. The molecule has 0 aliphatic rings. The van der Waals surface area contributed by atoms with Crippen LogP contribution in [0.1, 0.15) is 35.7 Å². The van der Waals surface area contributed by atoms with E-state index in [0.717, 1.165) is 6.42 Å². The van der Waals surface area contributed by atoms with Crippen molar-refractivity contribution in [2.45, 2.75) is 32.1 Å². The highest BCUT2D eigenvalue weighted by molar-refractivity contribution is 6.20. The van der Waals surface area contributed by atoms with Gasteiger partial charge in [-0.25, -0.2) is 0 Å². The number of nitrogens with one attached hydrogen (secondary N) is 1. The molecule has 1 aromatic rings. The van der Waals surface area contributed by atoms with Gasteiger partial charge in [0.05, 0.1) is 4.92 Å². The van der Waals surface area contributed by atoms with Crippen molar-refractivity contribution < 1.29 is 9.72 Å². The summed E-state index contributed by atoms with van der Waals surface area (Å²) in [6, 6.07) is 4.45. The summed E-state index contributed by atoms with van der Waals surface area (Å²) in [5.74, 6) is -0.317. The van der Waals surface area contributed by atoms with Crippen LogP contribution >= 0.6 is 11.6 Å². The molecule has 0 bridgehead atoms. The maximum absolute atomic E-state index is 11.8. The summed E-state index contributed by atoms with van der Waals surface area (Å²) in [5.41, 5.74) is 0.782. The number of nitro benzene ring substituents is 1. The lowest BCUT2D eigenvalue weighted by molar-refractivity contribution is -0.385. The minimum absolute atomic E-state index is 0.0349. The van der Waals surface area contributed by atoms with E-state index in [-0.39, 0.29) is 17.0 Å². The molecule has 1 amide bonds. The van der Waals surface area contributed by atoms with Crippen LogP contribution in [0.15, 0.2) is 18.2 Å². The Morgan fingerprint density at radius 1 is 1.53 bits per heavy atom. The van der Waals surface area contributed by atoms with E-state index in [4.69, 9.17) is 11.6 Å². The zero-order chi connectivity index (χ0) is 14.4. The van der Waals surface area contributed by atoms with Gasteiger partial charge in [-0.05, 0) is 25.8 Å². The van der Waals surface area contributed by atoms with Gasteiger partial charge in [-0.3, -0.25) is 14.9 Å². The smallest absolute Gasteiger partial charge is 0.273 e. The Bertz CT molecular complexity index is 477. The fraction of sp³-hybridized carbons (Fsp3) is 0.462. The quantitative estimate of drug-likeness (QED) is 0.496. The lowest BCUT2D eigenvalue weighted by Gasteiger charge is -2.08. The van der Waals surface area contributed by atoms with Crippen LogP contribution in [0.2, 0.25) is 0 Å². The zero-order valence-corrected chi connectivity index (χ0v) is 11.7. The Hall–Kier alpha value is -1.62. The summed E-state index contributed by atoms with van der Waals surface area (Å²) >= 11 is 5.94. The standard InChI is InChI=1S/C13H17ClN2O3/c1-3-11(14)6-7-15-13(17)10-5-4-9(2)12(8-10)16(18)19/h4-5,8,11H,3,6-7H2,1-2H3,(H,15,17). The van der Waals surface area contributed by atoms with Crippen molar-refractivity contribution in [3.63, 3.8) is 0 Å². The number of carbonyl (C=O) groups is 1. The minimum Gasteiger partial charge on any atom is -0.352 e. The van der Waals surface area contributed by atoms with Crippen LogP contribution in [-0.4, -0.2) is 22.8 Å². The van der Waals surface area contributed by atoms with Crippen molar-refractivity contribution in [1.29, 1.82) is 0 Å². The van der Waals surface area contributed by atoms with E-state index >= 15 is 0 Å². The monoisotopic (exact) mass is 284 g/mol. The summed E-state index contributed by atoms with van der Waals surface area (Å²) in [5, 5.41) is 13.5. The molecule has 0 aromatic heterocycles. The normalized spacial score (nSPS) is 11.9. The number of hydrogen-bond donors (Lipinski definition) is 1. The van der Waals surface area contributed by atoms with E-state index in [2.05, 4.69) is 5.32 Å². The van der Waals surface area contributed by atoms with Crippen molar-refractivity contribution in [2.24, 2.45) is 0 Å². The van der Waals surface area contributed by atoms with Gasteiger partial charge >= 0.3 is 0 Å². The molecule has 19 heavy (non-hydrogen) atoms. The van der Waals surface area contributed by atoms with Crippen LogP contribution in [0.4, 0.5) is 5.69 Å². The largest absolute Gasteiger partial charge is 0.352 e. The first-order chi connectivity index (χ1) is 8.95. The number of halogens is 1. The highest BCUT2D eigenvalue weighted by atomic mass is 35.5. The number of nitro groups is 1. The molecule has 0 heterocycles. The molecule has 0 fully saturated rings. The van der Waals surface area contributed by atoms with Gasteiger partial charge in [-0.1, -0.05) is 13.0 Å². The van der Waals surface area contributed by atoms with Gasteiger partial charge in [0.2, 0.25) is 0 Å². The van der Waals surface area contributed by atoms with E-state index in [9.17, 15) is 14.9 Å². The molecule has 1 rings (SSSR count). The molecule has 1 unspecified atom stereocenters. The molecule has 104 valence electrons. The molecule has 0 saturated heterocycles. The first-order valence-corrected chi connectivity index (χ1v) is 6.56. The zero-order valence-electron chi connectivity index (χ0n) is 11.0. The van der Waals surface area contributed by atoms with E-state index in [1.807, 2.05) is 6.92 Å². The number of benzene rings is 1. The predicted molar refractivity (Wildman–Crippen MR) is 74.7 cm³/mol. The van der Waals surface area contributed by atoms with Gasteiger partial charge in [0.15, 0.2) is 0 Å². The average Bonchev–Trinajstić information content (AvgIpc) is 2.38. The van der Waals surface area contributed by atoms with Crippen LogP contribution in [0.5, 0.6) is 0 Å². The third-order valence-corrected chi connectivity index (χ3v) is 3.38. The topological polar surface area (TPSA) is 72.2 Å². The second-order valence-corrected chi connectivity index (χ2v) is 4.93. The lowest BCUT2D eigenvalue weighted by Crippen LogP contribution is -2.26. The first-order valence-electron chi connectivity index (χ1n) is 6.13. The Morgan fingerprint density at radius 2 is 2.21 bits per heavy atom. The van der Waals surface area contributed by atoms with E-state index < -0.39 is 4.92 Å². The molecule has 1 atom stereocenters. The fourth-order valence-electron chi connectivity index (χ4n) is 1.60. The Morgan fingerprint density at radius 3 is 2.79 bits per heavy atom. The molecule has 0 aliphatic carbocycles. The molecule has 6 heteroatoms. The molecule has 0 spiro atoms. The van der Waals surface area contributed by atoms with Crippen molar-refractivity contribution in [1.82, 2.24) is 5.32 Å². The molecule has 0 aliphatic heterocycles. The molecule has 0 radical (unpaired) electrons. The van der Waals surface area contributed by atoms with Crippen LogP contribution in [0.25, 0.3) is 0 Å². The molecular formula is C13H17ClN2O3. The number of rotatable bonds is 6. The second kappa shape index (κ2) is 7.09. The predicted octanol–water partition coefficient (Wildman–Crippen LogP) is 3.04. The Labute approximate surface area is 117 Å². The van der Waals surface area contributed by atoms with Gasteiger partial charge in [-0.2, -0.15) is 0 Å². The van der Waals surface area contributed by atoms with Crippen LogP contribution in [0.3, 0.4) is 0 Å². The molecule has 5 nitrogen and oxygen atoms in total. The van der Waals surface area contributed by atoms with Crippen molar-refractivity contribution >= 4 is 23.2 Å². The first kappa shape index (κ1) is 15.4. The van der Waals surface area contributed by atoms with Crippen molar-refractivity contribution in [2.75, 3.05) is 6.54 Å². The molecule has 1 aromatic carbocycles. The highest BCUT2D eigenvalue weighted by Gasteiger charge is 2.14. The Balaban J connectivity index is 2.67. The average molecular weight is 285 g/mol. The highest BCUT2D eigenvalue weighted by Crippen LogP contribution is 2.19. The molecule has 0 saturated carbocycles. The van der Waals surface area contributed by atoms with Gasteiger partial charge in [-0.15, -0.1) is 11.6 Å². The van der Waals surface area contributed by atoms with E-state index in [0.29, 0.717) is 24.1 Å². The second-order valence-electron chi connectivity index (χ2n) is 4.31. The van der Waals surface area contributed by atoms with Gasteiger partial charge in [0.25, 0.3) is 11.6 Å². The number of nitrogens with zero attached hydrogens (tertiary/aromatic N) is 1. The van der Waals surface area contributed by atoms with E-state index in [1.54, 1.807) is 19.1 Å². The maximum Gasteiger partial charge on any atom is 0.273 e. The van der Waals surface area contributed by atoms with Crippen LogP contribution < -0.4 is 5.32 Å². The third-order valence-electron chi connectivity index (χ3n) is 2.85. The SMILES string of the molecule is CCC(Cl)CCNC(=O)c1ccc(C)c([N+](=O)[O-])c1. The Kier molecular flexibility index (Phi) is 5.76. The molecule has 1 N–H and O–H groups in total. The van der Waals surface area contributed by atoms with Gasteiger partial charge < -0.3 is 5.32 Å². The summed E-state index contributed by atoms with van der Waals surface area (Å²) in [4.78, 5) is 22.1. The number of carbonyl (C=O) groups excluding carboxylic acids is 1.